The van der Waals surface area contributed by atoms with Gasteiger partial charge in [-0.05, 0) is 29.9 Å². The Bertz CT molecular complexity index is 777. The molecule has 1 aliphatic heterocycles. The smallest absolute Gasteiger partial charge is 0.217 e. The fourth-order valence-corrected chi connectivity index (χ4v) is 3.65. The molecule has 3 N–H and O–H groups in total. The van der Waals surface area contributed by atoms with Gasteiger partial charge in [0.1, 0.15) is 0 Å². The normalized spacial score (nSPS) is 17.1. The molecular weight excluding hydrogens is 467 g/mol. The molecule has 28 heavy (non-hydrogen) atoms. The zero-order chi connectivity index (χ0) is 19.1. The van der Waals surface area contributed by atoms with E-state index >= 15 is 0 Å². The van der Waals surface area contributed by atoms with E-state index in [1.54, 1.807) is 13.2 Å². The van der Waals surface area contributed by atoms with Gasteiger partial charge in [-0.15, -0.1) is 24.0 Å². The number of guanidine groups is 1. The van der Waals surface area contributed by atoms with Crippen molar-refractivity contribution >= 4 is 35.8 Å². The van der Waals surface area contributed by atoms with E-state index in [0.29, 0.717) is 18.9 Å². The summed E-state index contributed by atoms with van der Waals surface area (Å²) in [6, 6.07) is 8.52. The van der Waals surface area contributed by atoms with Crippen molar-refractivity contribution in [1.82, 2.24) is 19.8 Å². The maximum absolute atomic E-state index is 11.2. The van der Waals surface area contributed by atoms with Gasteiger partial charge in [0.15, 0.2) is 5.96 Å². The third-order valence-electron chi connectivity index (χ3n) is 4.89. The molecule has 1 aliphatic rings. The number of likely N-dealkylation sites (tertiary alicyclic amines) is 1. The number of carbonyl (C=O) groups excluding carboxylic acids is 1. The van der Waals surface area contributed by atoms with Gasteiger partial charge in [0.25, 0.3) is 0 Å². The highest BCUT2D eigenvalue weighted by atomic mass is 127. The second kappa shape index (κ2) is 11.0. The van der Waals surface area contributed by atoms with E-state index in [4.69, 9.17) is 5.73 Å². The molecule has 0 saturated carbocycles. The predicted octanol–water partition coefficient (Wildman–Crippen LogP) is 2.21. The highest BCUT2D eigenvalue weighted by Crippen LogP contribution is 2.19. The molecule has 1 fully saturated rings. The van der Waals surface area contributed by atoms with Gasteiger partial charge in [-0.2, -0.15) is 0 Å². The van der Waals surface area contributed by atoms with Crippen LogP contribution in [-0.4, -0.2) is 46.5 Å². The third kappa shape index (κ3) is 6.50. The molecule has 2 heterocycles. The summed E-state index contributed by atoms with van der Waals surface area (Å²) >= 11 is 0. The highest BCUT2D eigenvalue weighted by Gasteiger charge is 2.23. The number of nitrogens with one attached hydrogen (secondary N) is 1. The van der Waals surface area contributed by atoms with Crippen LogP contribution in [0.15, 0.2) is 48.0 Å². The number of aliphatic imine (C=N–C) groups is 1. The summed E-state index contributed by atoms with van der Waals surface area (Å²) in [6.45, 7) is 3.30. The summed E-state index contributed by atoms with van der Waals surface area (Å²) in [4.78, 5) is 22.0. The quantitative estimate of drug-likeness (QED) is 0.365. The van der Waals surface area contributed by atoms with E-state index < -0.39 is 0 Å². The van der Waals surface area contributed by atoms with Gasteiger partial charge in [-0.1, -0.05) is 24.3 Å². The Balaban J connectivity index is 0.00000280. The molecule has 7 nitrogen and oxygen atoms in total. The molecule has 0 aliphatic carbocycles. The van der Waals surface area contributed by atoms with Gasteiger partial charge in [0.2, 0.25) is 5.91 Å². The van der Waals surface area contributed by atoms with Crippen LogP contribution in [0.4, 0.5) is 0 Å². The van der Waals surface area contributed by atoms with Gasteiger partial charge in [0, 0.05) is 52.0 Å². The van der Waals surface area contributed by atoms with E-state index in [0.717, 1.165) is 38.4 Å². The number of piperidine rings is 1. The van der Waals surface area contributed by atoms with E-state index in [-0.39, 0.29) is 29.9 Å². The number of hydrogen-bond acceptors (Lipinski definition) is 3. The average molecular weight is 496 g/mol. The molecule has 1 unspecified atom stereocenters. The zero-order valence-electron chi connectivity index (χ0n) is 16.3. The van der Waals surface area contributed by atoms with Crippen molar-refractivity contribution in [1.29, 1.82) is 0 Å². The number of aromatic nitrogens is 2. The van der Waals surface area contributed by atoms with Gasteiger partial charge >= 0.3 is 0 Å². The number of imidazole rings is 1. The summed E-state index contributed by atoms with van der Waals surface area (Å²) in [5.41, 5.74) is 7.81. The van der Waals surface area contributed by atoms with E-state index in [9.17, 15) is 4.79 Å². The number of benzene rings is 1. The van der Waals surface area contributed by atoms with Crippen LogP contribution >= 0.6 is 24.0 Å². The first-order valence-electron chi connectivity index (χ1n) is 9.41. The van der Waals surface area contributed by atoms with E-state index in [1.807, 2.05) is 12.5 Å². The monoisotopic (exact) mass is 496 g/mol. The van der Waals surface area contributed by atoms with Crippen LogP contribution < -0.4 is 11.1 Å². The van der Waals surface area contributed by atoms with Crippen molar-refractivity contribution < 1.29 is 4.79 Å². The van der Waals surface area contributed by atoms with Crippen LogP contribution in [0.25, 0.3) is 0 Å². The topological polar surface area (TPSA) is 88.5 Å². The maximum atomic E-state index is 11.2. The molecule has 8 heteroatoms. The average Bonchev–Trinajstić information content (AvgIpc) is 3.15. The second-order valence-electron chi connectivity index (χ2n) is 7.08. The number of amides is 1. The molecule has 1 amide bonds. The second-order valence-corrected chi connectivity index (χ2v) is 7.08. The summed E-state index contributed by atoms with van der Waals surface area (Å²) in [5, 5.41) is 3.46. The van der Waals surface area contributed by atoms with Gasteiger partial charge in [-0.3, -0.25) is 9.79 Å². The molecular formula is C20H29IN6O. The lowest BCUT2D eigenvalue weighted by atomic mass is 9.95. The van der Waals surface area contributed by atoms with Crippen LogP contribution in [0.1, 0.15) is 30.4 Å². The van der Waals surface area contributed by atoms with Crippen molar-refractivity contribution in [3.05, 3.63) is 54.1 Å². The minimum absolute atomic E-state index is 0. The molecule has 0 bridgehead atoms. The number of nitrogens with two attached hydrogens (primary N) is 1. The molecule has 0 radical (unpaired) electrons. The maximum Gasteiger partial charge on any atom is 0.217 e. The molecule has 3 rings (SSSR count). The molecule has 1 aromatic heterocycles. The Hall–Kier alpha value is -2.10. The van der Waals surface area contributed by atoms with Crippen molar-refractivity contribution in [3.8, 4) is 0 Å². The minimum atomic E-state index is -0.223. The lowest BCUT2D eigenvalue weighted by Crippen LogP contribution is -2.46. The number of rotatable bonds is 6. The largest absolute Gasteiger partial charge is 0.370 e. The van der Waals surface area contributed by atoms with Gasteiger partial charge in [0.05, 0.1) is 6.33 Å². The Morgan fingerprint density at radius 2 is 2.21 bits per heavy atom. The molecule has 1 atom stereocenters. The summed E-state index contributed by atoms with van der Waals surface area (Å²) in [5.74, 6) is 0.969. The third-order valence-corrected chi connectivity index (χ3v) is 4.89. The Morgan fingerprint density at radius 3 is 2.93 bits per heavy atom. The van der Waals surface area contributed by atoms with E-state index in [1.165, 1.54) is 11.1 Å². The minimum Gasteiger partial charge on any atom is -0.370 e. The Labute approximate surface area is 183 Å². The van der Waals surface area contributed by atoms with E-state index in [2.05, 4.69) is 49.0 Å². The van der Waals surface area contributed by atoms with Gasteiger partial charge < -0.3 is 20.5 Å². The number of hydrogen-bond donors (Lipinski definition) is 2. The van der Waals surface area contributed by atoms with Crippen molar-refractivity contribution in [2.24, 2.45) is 16.6 Å². The lowest BCUT2D eigenvalue weighted by molar-refractivity contribution is -0.119. The van der Waals surface area contributed by atoms with Crippen molar-refractivity contribution in [3.63, 3.8) is 0 Å². The number of halogens is 1. The van der Waals surface area contributed by atoms with Crippen LogP contribution in [0.3, 0.4) is 0 Å². The fourth-order valence-electron chi connectivity index (χ4n) is 3.65. The van der Waals surface area contributed by atoms with Crippen LogP contribution in [-0.2, 0) is 17.9 Å². The molecule has 152 valence electrons. The summed E-state index contributed by atoms with van der Waals surface area (Å²) in [7, 11) is 1.80. The fraction of sp³-hybridized carbons (Fsp3) is 0.450. The van der Waals surface area contributed by atoms with Crippen LogP contribution in [0, 0.1) is 5.92 Å². The molecule has 2 aromatic rings. The number of nitrogens with zero attached hydrogens (tertiary/aromatic N) is 4. The first-order chi connectivity index (χ1) is 13.1. The highest BCUT2D eigenvalue weighted by molar-refractivity contribution is 14.0. The Kier molecular flexibility index (Phi) is 8.75. The number of carbonyl (C=O) groups is 1. The van der Waals surface area contributed by atoms with Gasteiger partial charge in [-0.25, -0.2) is 4.98 Å². The summed E-state index contributed by atoms with van der Waals surface area (Å²) in [6.07, 6.45) is 8.13. The van der Waals surface area contributed by atoms with Crippen molar-refractivity contribution in [2.75, 3.05) is 20.1 Å². The SMILES string of the molecule is CN=C(NCc1cccc(Cn2ccnc2)c1)N1CCCC(CC(N)=O)C1.I. The zero-order valence-corrected chi connectivity index (χ0v) is 18.6. The number of primary amides is 1. The lowest BCUT2D eigenvalue weighted by Gasteiger charge is -2.34. The van der Waals surface area contributed by atoms with Crippen LogP contribution in [0.2, 0.25) is 0 Å². The molecule has 0 spiro atoms. The predicted molar refractivity (Wildman–Crippen MR) is 121 cm³/mol. The standard InChI is InChI=1S/C20H28N6O.HI/c1-22-20(26-8-3-6-18(14-26)11-19(21)27)24-12-16-4-2-5-17(10-16)13-25-9-7-23-15-25;/h2,4-5,7,9-10,15,18H,3,6,8,11-14H2,1H3,(H2,21,27)(H,22,24);1H. The van der Waals surface area contributed by atoms with Crippen LogP contribution in [0.5, 0.6) is 0 Å². The molecule has 1 saturated heterocycles. The first kappa shape index (κ1) is 22.2. The Morgan fingerprint density at radius 1 is 1.39 bits per heavy atom. The van der Waals surface area contributed by atoms with Crippen molar-refractivity contribution in [2.45, 2.75) is 32.4 Å². The summed E-state index contributed by atoms with van der Waals surface area (Å²) < 4.78 is 2.05. The molecule has 1 aromatic carbocycles. The first-order valence-corrected chi connectivity index (χ1v) is 9.41.